The Labute approximate surface area is 98.6 Å². The maximum Gasteiger partial charge on any atom is 0.256 e. The molecular formula is C12H13N3O2. The number of imidazole rings is 1. The summed E-state index contributed by atoms with van der Waals surface area (Å²) in [5.74, 6) is 0.0550. The second-order valence-electron chi connectivity index (χ2n) is 4.01. The average molecular weight is 231 g/mol. The Hall–Kier alpha value is -1.88. The van der Waals surface area contributed by atoms with Gasteiger partial charge in [-0.2, -0.15) is 0 Å². The number of pyridine rings is 1. The summed E-state index contributed by atoms with van der Waals surface area (Å²) in [6, 6.07) is 3.71. The maximum absolute atomic E-state index is 12.3. The summed E-state index contributed by atoms with van der Waals surface area (Å²) >= 11 is 0. The highest BCUT2D eigenvalue weighted by molar-refractivity contribution is 6.00. The maximum atomic E-state index is 12.3. The zero-order valence-corrected chi connectivity index (χ0v) is 9.37. The van der Waals surface area contributed by atoms with E-state index in [1.165, 1.54) is 0 Å². The van der Waals surface area contributed by atoms with Crippen molar-refractivity contribution in [2.75, 3.05) is 26.3 Å². The van der Waals surface area contributed by atoms with E-state index in [0.717, 1.165) is 5.52 Å². The van der Waals surface area contributed by atoms with E-state index in [4.69, 9.17) is 4.74 Å². The fraction of sp³-hybridized carbons (Fsp3) is 0.333. The molecule has 2 aromatic rings. The van der Waals surface area contributed by atoms with E-state index in [9.17, 15) is 4.79 Å². The molecule has 1 aliphatic rings. The molecule has 0 radical (unpaired) electrons. The highest BCUT2D eigenvalue weighted by Gasteiger charge is 2.20. The molecule has 3 heterocycles. The Morgan fingerprint density at radius 3 is 3.00 bits per heavy atom. The Morgan fingerprint density at radius 2 is 2.18 bits per heavy atom. The van der Waals surface area contributed by atoms with Gasteiger partial charge in [0.05, 0.1) is 36.8 Å². The Morgan fingerprint density at radius 1 is 1.35 bits per heavy atom. The van der Waals surface area contributed by atoms with Crippen LogP contribution in [-0.2, 0) is 4.74 Å². The van der Waals surface area contributed by atoms with E-state index in [2.05, 4.69) is 4.98 Å². The SMILES string of the molecule is O=C(c1cccn2cncc12)N1CCOCC1. The topological polar surface area (TPSA) is 46.8 Å². The number of hydrogen-bond donors (Lipinski definition) is 0. The first-order valence-corrected chi connectivity index (χ1v) is 5.64. The second kappa shape index (κ2) is 4.18. The Kier molecular flexibility index (Phi) is 2.53. The molecule has 5 nitrogen and oxygen atoms in total. The van der Waals surface area contributed by atoms with Gasteiger partial charge in [0, 0.05) is 19.3 Å². The number of fused-ring (bicyclic) bond motifs is 1. The van der Waals surface area contributed by atoms with Crippen LogP contribution in [-0.4, -0.2) is 46.5 Å². The molecule has 0 atom stereocenters. The smallest absolute Gasteiger partial charge is 0.256 e. The minimum Gasteiger partial charge on any atom is -0.378 e. The van der Waals surface area contributed by atoms with E-state index in [-0.39, 0.29) is 5.91 Å². The van der Waals surface area contributed by atoms with Gasteiger partial charge in [0.1, 0.15) is 0 Å². The lowest BCUT2D eigenvalue weighted by Gasteiger charge is -2.27. The van der Waals surface area contributed by atoms with Crippen LogP contribution in [0.3, 0.4) is 0 Å². The minimum absolute atomic E-state index is 0.0550. The number of carbonyl (C=O) groups excluding carboxylic acids is 1. The minimum atomic E-state index is 0.0550. The fourth-order valence-electron chi connectivity index (χ4n) is 2.07. The first-order valence-electron chi connectivity index (χ1n) is 5.64. The molecule has 1 saturated heterocycles. The van der Waals surface area contributed by atoms with E-state index in [1.807, 2.05) is 27.6 Å². The molecular weight excluding hydrogens is 218 g/mol. The van der Waals surface area contributed by atoms with Crippen molar-refractivity contribution in [2.24, 2.45) is 0 Å². The number of carbonyl (C=O) groups is 1. The molecule has 88 valence electrons. The number of nitrogens with zero attached hydrogens (tertiary/aromatic N) is 3. The quantitative estimate of drug-likeness (QED) is 0.729. The molecule has 2 aromatic heterocycles. The third-order valence-corrected chi connectivity index (χ3v) is 2.98. The molecule has 0 bridgehead atoms. The van der Waals surface area contributed by atoms with Crippen LogP contribution in [0.25, 0.3) is 5.52 Å². The molecule has 3 rings (SSSR count). The highest BCUT2D eigenvalue weighted by atomic mass is 16.5. The third-order valence-electron chi connectivity index (χ3n) is 2.98. The summed E-state index contributed by atoms with van der Waals surface area (Å²) in [4.78, 5) is 18.2. The summed E-state index contributed by atoms with van der Waals surface area (Å²) in [5, 5.41) is 0. The number of amides is 1. The van der Waals surface area contributed by atoms with Crippen LogP contribution in [0.5, 0.6) is 0 Å². The largest absolute Gasteiger partial charge is 0.378 e. The van der Waals surface area contributed by atoms with Gasteiger partial charge in [0.15, 0.2) is 0 Å². The van der Waals surface area contributed by atoms with Gasteiger partial charge in [-0.15, -0.1) is 0 Å². The van der Waals surface area contributed by atoms with Crippen LogP contribution in [0.2, 0.25) is 0 Å². The van der Waals surface area contributed by atoms with Crippen molar-refractivity contribution in [2.45, 2.75) is 0 Å². The number of aromatic nitrogens is 2. The molecule has 0 spiro atoms. The number of ether oxygens (including phenoxy) is 1. The van der Waals surface area contributed by atoms with Gasteiger partial charge in [0.2, 0.25) is 0 Å². The third kappa shape index (κ3) is 1.78. The predicted molar refractivity (Wildman–Crippen MR) is 61.9 cm³/mol. The summed E-state index contributed by atoms with van der Waals surface area (Å²) in [7, 11) is 0. The normalized spacial score (nSPS) is 16.4. The molecule has 5 heteroatoms. The van der Waals surface area contributed by atoms with Crippen LogP contribution in [0.1, 0.15) is 10.4 Å². The molecule has 0 aliphatic carbocycles. The lowest BCUT2D eigenvalue weighted by atomic mass is 10.2. The van der Waals surface area contributed by atoms with Crippen molar-refractivity contribution in [1.29, 1.82) is 0 Å². The van der Waals surface area contributed by atoms with Gasteiger partial charge < -0.3 is 14.0 Å². The molecule has 0 N–H and O–H groups in total. The first-order chi connectivity index (χ1) is 8.36. The zero-order chi connectivity index (χ0) is 11.7. The van der Waals surface area contributed by atoms with Crippen LogP contribution >= 0.6 is 0 Å². The Bertz CT molecular complexity index is 543. The first kappa shape index (κ1) is 10.3. The molecule has 1 amide bonds. The standard InChI is InChI=1S/C12H13N3O2/c16-12(14-4-6-17-7-5-14)10-2-1-3-15-9-13-8-11(10)15/h1-3,8-9H,4-7H2. The van der Waals surface area contributed by atoms with Crippen molar-refractivity contribution >= 4 is 11.4 Å². The molecule has 1 aliphatic heterocycles. The van der Waals surface area contributed by atoms with Crippen LogP contribution in [0, 0.1) is 0 Å². The lowest BCUT2D eigenvalue weighted by molar-refractivity contribution is 0.0304. The van der Waals surface area contributed by atoms with Gasteiger partial charge in [-0.25, -0.2) is 4.98 Å². The molecule has 0 aromatic carbocycles. The Balaban J connectivity index is 1.97. The van der Waals surface area contributed by atoms with Gasteiger partial charge in [-0.05, 0) is 12.1 Å². The van der Waals surface area contributed by atoms with Gasteiger partial charge in [-0.3, -0.25) is 4.79 Å². The van der Waals surface area contributed by atoms with E-state index in [1.54, 1.807) is 12.5 Å². The van der Waals surface area contributed by atoms with Crippen molar-refractivity contribution < 1.29 is 9.53 Å². The van der Waals surface area contributed by atoms with Gasteiger partial charge >= 0.3 is 0 Å². The highest BCUT2D eigenvalue weighted by Crippen LogP contribution is 2.13. The molecule has 0 saturated carbocycles. The average Bonchev–Trinajstić information content (AvgIpc) is 2.87. The zero-order valence-electron chi connectivity index (χ0n) is 9.37. The summed E-state index contributed by atoms with van der Waals surface area (Å²) in [6.45, 7) is 2.56. The van der Waals surface area contributed by atoms with E-state index < -0.39 is 0 Å². The lowest BCUT2D eigenvalue weighted by Crippen LogP contribution is -2.40. The summed E-state index contributed by atoms with van der Waals surface area (Å²) < 4.78 is 7.10. The molecule has 17 heavy (non-hydrogen) atoms. The van der Waals surface area contributed by atoms with Crippen LogP contribution in [0.15, 0.2) is 30.9 Å². The summed E-state index contributed by atoms with van der Waals surface area (Å²) in [6.07, 6.45) is 5.30. The number of hydrogen-bond acceptors (Lipinski definition) is 3. The summed E-state index contributed by atoms with van der Waals surface area (Å²) in [5.41, 5.74) is 1.55. The van der Waals surface area contributed by atoms with Crippen molar-refractivity contribution in [3.05, 3.63) is 36.4 Å². The monoisotopic (exact) mass is 231 g/mol. The fourth-order valence-corrected chi connectivity index (χ4v) is 2.07. The van der Waals surface area contributed by atoms with E-state index >= 15 is 0 Å². The second-order valence-corrected chi connectivity index (χ2v) is 4.01. The molecule has 0 unspecified atom stereocenters. The van der Waals surface area contributed by atoms with Gasteiger partial charge in [0.25, 0.3) is 5.91 Å². The van der Waals surface area contributed by atoms with Crippen molar-refractivity contribution in [3.8, 4) is 0 Å². The van der Waals surface area contributed by atoms with Crippen LogP contribution in [0.4, 0.5) is 0 Å². The van der Waals surface area contributed by atoms with Crippen molar-refractivity contribution in [1.82, 2.24) is 14.3 Å². The molecule has 1 fully saturated rings. The number of rotatable bonds is 1. The number of morpholine rings is 1. The predicted octanol–water partition coefficient (Wildman–Crippen LogP) is 0.807. The van der Waals surface area contributed by atoms with Crippen molar-refractivity contribution in [3.63, 3.8) is 0 Å². The van der Waals surface area contributed by atoms with Gasteiger partial charge in [-0.1, -0.05) is 0 Å². The van der Waals surface area contributed by atoms with Crippen LogP contribution < -0.4 is 0 Å². The van der Waals surface area contributed by atoms with E-state index in [0.29, 0.717) is 31.9 Å².